The van der Waals surface area contributed by atoms with E-state index in [0.29, 0.717) is 0 Å². The van der Waals surface area contributed by atoms with Gasteiger partial charge in [0.05, 0.1) is 7.11 Å². The lowest BCUT2D eigenvalue weighted by Gasteiger charge is -2.20. The van der Waals surface area contributed by atoms with Gasteiger partial charge in [-0.2, -0.15) is 0 Å². The fraction of sp³-hybridized carbons (Fsp3) is 0.412. The maximum atomic E-state index is 5.60. The molecule has 1 aromatic carbocycles. The van der Waals surface area contributed by atoms with Gasteiger partial charge in [-0.1, -0.05) is 12.1 Å². The number of rotatable bonds is 5. The Morgan fingerprint density at radius 2 is 1.85 bits per heavy atom. The van der Waals surface area contributed by atoms with Gasteiger partial charge in [0, 0.05) is 17.6 Å². The van der Waals surface area contributed by atoms with Crippen LogP contribution in [0, 0.1) is 13.8 Å². The van der Waals surface area contributed by atoms with Crippen molar-refractivity contribution in [1.29, 1.82) is 0 Å². The molecule has 1 N–H and O–H groups in total. The summed E-state index contributed by atoms with van der Waals surface area (Å²) in [6, 6.07) is 10.8. The molecule has 0 aliphatic rings. The molecule has 0 radical (unpaired) electrons. The highest BCUT2D eigenvalue weighted by Crippen LogP contribution is 2.25. The molecule has 2 aromatic rings. The molecule has 1 aromatic heterocycles. The van der Waals surface area contributed by atoms with Crippen molar-refractivity contribution in [2.45, 2.75) is 39.8 Å². The molecule has 20 heavy (non-hydrogen) atoms. The van der Waals surface area contributed by atoms with Crippen molar-refractivity contribution in [3.63, 3.8) is 0 Å². The van der Waals surface area contributed by atoms with Crippen LogP contribution in [-0.2, 0) is 0 Å². The highest BCUT2D eigenvalue weighted by molar-refractivity contribution is 5.31. The Morgan fingerprint density at radius 1 is 1.10 bits per heavy atom. The Kier molecular flexibility index (Phi) is 4.50. The molecule has 2 atom stereocenters. The van der Waals surface area contributed by atoms with Crippen molar-refractivity contribution >= 4 is 0 Å². The standard InChI is InChI=1S/C17H23NO2/c1-11-9-17(14(4)20-11)13(3)18-12(2)15-7-6-8-16(10-15)19-5/h6-10,12-13,18H,1-5H3/t12-,13?/m1/s1. The number of hydrogen-bond donors (Lipinski definition) is 1. The predicted molar refractivity (Wildman–Crippen MR) is 81.1 cm³/mol. The molecule has 0 aliphatic carbocycles. The summed E-state index contributed by atoms with van der Waals surface area (Å²) in [5.74, 6) is 2.83. The number of ether oxygens (including phenoxy) is 1. The zero-order valence-electron chi connectivity index (χ0n) is 12.9. The van der Waals surface area contributed by atoms with Crippen LogP contribution in [0.1, 0.15) is 48.6 Å². The van der Waals surface area contributed by atoms with Crippen LogP contribution >= 0.6 is 0 Å². The van der Waals surface area contributed by atoms with E-state index in [1.165, 1.54) is 11.1 Å². The molecular weight excluding hydrogens is 250 g/mol. The van der Waals surface area contributed by atoms with E-state index in [1.54, 1.807) is 7.11 Å². The summed E-state index contributed by atoms with van der Waals surface area (Å²) in [7, 11) is 1.69. The number of aryl methyl sites for hydroxylation is 2. The highest BCUT2D eigenvalue weighted by Gasteiger charge is 2.15. The second-order valence-corrected chi connectivity index (χ2v) is 5.26. The van der Waals surface area contributed by atoms with Crippen molar-refractivity contribution < 1.29 is 9.15 Å². The first-order chi connectivity index (χ1) is 9.51. The summed E-state index contributed by atoms with van der Waals surface area (Å²) >= 11 is 0. The molecule has 0 amide bonds. The molecule has 0 spiro atoms. The summed E-state index contributed by atoms with van der Waals surface area (Å²) in [4.78, 5) is 0. The molecule has 3 heteroatoms. The highest BCUT2D eigenvalue weighted by atomic mass is 16.5. The van der Waals surface area contributed by atoms with Gasteiger partial charge >= 0.3 is 0 Å². The summed E-state index contributed by atoms with van der Waals surface area (Å²) in [5, 5.41) is 3.60. The fourth-order valence-corrected chi connectivity index (χ4v) is 2.55. The van der Waals surface area contributed by atoms with Gasteiger partial charge in [-0.3, -0.25) is 0 Å². The molecule has 1 heterocycles. The third kappa shape index (κ3) is 3.23. The Labute approximate surface area is 121 Å². The molecule has 0 saturated heterocycles. The van der Waals surface area contributed by atoms with E-state index in [9.17, 15) is 0 Å². The molecule has 1 unspecified atom stereocenters. The normalized spacial score (nSPS) is 14.1. The number of benzene rings is 1. The third-order valence-corrected chi connectivity index (χ3v) is 3.64. The van der Waals surface area contributed by atoms with Crippen LogP contribution in [0.3, 0.4) is 0 Å². The SMILES string of the molecule is COc1cccc([C@@H](C)NC(C)c2cc(C)oc2C)c1. The molecular formula is C17H23NO2. The minimum Gasteiger partial charge on any atom is -0.497 e. The fourth-order valence-electron chi connectivity index (χ4n) is 2.55. The van der Waals surface area contributed by atoms with Gasteiger partial charge < -0.3 is 14.5 Å². The van der Waals surface area contributed by atoms with Crippen LogP contribution in [0.4, 0.5) is 0 Å². The minimum absolute atomic E-state index is 0.244. The molecule has 0 saturated carbocycles. The maximum Gasteiger partial charge on any atom is 0.119 e. The lowest BCUT2D eigenvalue weighted by molar-refractivity contribution is 0.412. The van der Waals surface area contributed by atoms with E-state index in [0.717, 1.165) is 17.3 Å². The average Bonchev–Trinajstić information content (AvgIpc) is 2.77. The van der Waals surface area contributed by atoms with Gasteiger partial charge in [-0.05, 0) is 51.5 Å². The van der Waals surface area contributed by atoms with Crippen molar-refractivity contribution in [3.05, 3.63) is 53.0 Å². The topological polar surface area (TPSA) is 34.4 Å². The summed E-state index contributed by atoms with van der Waals surface area (Å²) < 4.78 is 10.9. The van der Waals surface area contributed by atoms with E-state index >= 15 is 0 Å². The van der Waals surface area contributed by atoms with Crippen molar-refractivity contribution in [3.8, 4) is 5.75 Å². The Morgan fingerprint density at radius 3 is 2.45 bits per heavy atom. The zero-order chi connectivity index (χ0) is 14.7. The smallest absolute Gasteiger partial charge is 0.119 e. The molecule has 0 fully saturated rings. The lowest BCUT2D eigenvalue weighted by atomic mass is 10.0. The van der Waals surface area contributed by atoms with Gasteiger partial charge in [0.2, 0.25) is 0 Å². The van der Waals surface area contributed by atoms with Crippen LogP contribution in [0.5, 0.6) is 5.75 Å². The van der Waals surface area contributed by atoms with Crippen LogP contribution in [0.25, 0.3) is 0 Å². The predicted octanol–water partition coefficient (Wildman–Crippen LogP) is 4.32. The minimum atomic E-state index is 0.244. The second kappa shape index (κ2) is 6.14. The van der Waals surface area contributed by atoms with Crippen molar-refractivity contribution in [2.24, 2.45) is 0 Å². The molecule has 0 aliphatic heterocycles. The Bertz CT molecular complexity index is 574. The van der Waals surface area contributed by atoms with E-state index in [1.807, 2.05) is 26.0 Å². The number of hydrogen-bond acceptors (Lipinski definition) is 3. The van der Waals surface area contributed by atoms with E-state index in [2.05, 4.69) is 37.4 Å². The first-order valence-electron chi connectivity index (χ1n) is 6.98. The van der Waals surface area contributed by atoms with Gasteiger partial charge in [0.15, 0.2) is 0 Å². The molecule has 0 bridgehead atoms. The summed E-state index contributed by atoms with van der Waals surface area (Å²) in [5.41, 5.74) is 2.44. The van der Waals surface area contributed by atoms with Crippen LogP contribution < -0.4 is 10.1 Å². The maximum absolute atomic E-state index is 5.60. The number of nitrogens with one attached hydrogen (secondary N) is 1. The van der Waals surface area contributed by atoms with Gasteiger partial charge in [0.25, 0.3) is 0 Å². The van der Waals surface area contributed by atoms with Gasteiger partial charge in [0.1, 0.15) is 17.3 Å². The summed E-state index contributed by atoms with van der Waals surface area (Å²) in [6.07, 6.45) is 0. The zero-order valence-corrected chi connectivity index (χ0v) is 12.9. The van der Waals surface area contributed by atoms with Crippen LogP contribution in [0.15, 0.2) is 34.7 Å². The Hall–Kier alpha value is -1.74. The largest absolute Gasteiger partial charge is 0.497 e. The Balaban J connectivity index is 2.10. The quantitative estimate of drug-likeness (QED) is 0.881. The second-order valence-electron chi connectivity index (χ2n) is 5.26. The third-order valence-electron chi connectivity index (χ3n) is 3.64. The first kappa shape index (κ1) is 14.7. The van der Waals surface area contributed by atoms with Gasteiger partial charge in [-0.25, -0.2) is 0 Å². The van der Waals surface area contributed by atoms with Gasteiger partial charge in [-0.15, -0.1) is 0 Å². The van der Waals surface area contributed by atoms with E-state index < -0.39 is 0 Å². The monoisotopic (exact) mass is 273 g/mol. The molecule has 2 rings (SSSR count). The first-order valence-corrected chi connectivity index (χ1v) is 6.98. The average molecular weight is 273 g/mol. The van der Waals surface area contributed by atoms with Crippen molar-refractivity contribution in [1.82, 2.24) is 5.32 Å². The number of methoxy groups -OCH3 is 1. The van der Waals surface area contributed by atoms with Crippen LogP contribution in [0.2, 0.25) is 0 Å². The van der Waals surface area contributed by atoms with E-state index in [4.69, 9.17) is 9.15 Å². The lowest BCUT2D eigenvalue weighted by Crippen LogP contribution is -2.22. The summed E-state index contributed by atoms with van der Waals surface area (Å²) in [6.45, 7) is 8.31. The number of furan rings is 1. The molecule has 108 valence electrons. The van der Waals surface area contributed by atoms with Crippen molar-refractivity contribution in [2.75, 3.05) is 7.11 Å². The van der Waals surface area contributed by atoms with E-state index in [-0.39, 0.29) is 12.1 Å². The molecule has 3 nitrogen and oxygen atoms in total. The van der Waals surface area contributed by atoms with Crippen LogP contribution in [-0.4, -0.2) is 7.11 Å².